The van der Waals surface area contributed by atoms with Crippen LogP contribution in [0.5, 0.6) is 0 Å². The molecule has 1 aliphatic rings. The summed E-state index contributed by atoms with van der Waals surface area (Å²) in [6.45, 7) is 0.285. The molecule has 0 radical (unpaired) electrons. The fraction of sp³-hybridized carbons (Fsp3) is 0.320. The minimum atomic E-state index is -4.60. The van der Waals surface area contributed by atoms with Crippen molar-refractivity contribution in [2.75, 3.05) is 31.8 Å². The largest absolute Gasteiger partial charge is 0.479 e. The third-order valence-electron chi connectivity index (χ3n) is 5.90. The number of H-pyrrole nitrogens is 1. The normalized spacial score (nSPS) is 16.7. The molecule has 1 fully saturated rings. The lowest BCUT2D eigenvalue weighted by Gasteiger charge is -2.17. The summed E-state index contributed by atoms with van der Waals surface area (Å²) in [5.41, 5.74) is -1.34. The van der Waals surface area contributed by atoms with E-state index >= 15 is 0 Å². The van der Waals surface area contributed by atoms with E-state index in [9.17, 15) is 32.7 Å². The maximum Gasteiger partial charge on any atom is 0.417 e. The number of cyclic esters (lactones) is 1. The Bertz CT molecular complexity index is 1370. The van der Waals surface area contributed by atoms with E-state index in [0.29, 0.717) is 11.1 Å². The van der Waals surface area contributed by atoms with E-state index in [-0.39, 0.29) is 42.8 Å². The van der Waals surface area contributed by atoms with Crippen LogP contribution in [0, 0.1) is 0 Å². The number of carboxylic acid groups (broad SMARTS) is 1. The van der Waals surface area contributed by atoms with Gasteiger partial charge in [-0.05, 0) is 29.7 Å². The van der Waals surface area contributed by atoms with Crippen LogP contribution in [-0.2, 0) is 25.2 Å². The number of anilines is 1. The zero-order valence-corrected chi connectivity index (χ0v) is 19.6. The molecule has 0 aliphatic carbocycles. The maximum atomic E-state index is 13.5. The number of alkyl halides is 3. The molecule has 1 amide bonds. The zero-order valence-electron chi connectivity index (χ0n) is 19.6. The summed E-state index contributed by atoms with van der Waals surface area (Å²) in [7, 11) is 1.45. The summed E-state index contributed by atoms with van der Waals surface area (Å²) in [6, 6.07) is 10.9. The van der Waals surface area contributed by atoms with Gasteiger partial charge in [0.05, 0.1) is 25.3 Å². The number of aromatic nitrogens is 1. The molecule has 1 aromatic heterocycles. The van der Waals surface area contributed by atoms with Crippen molar-refractivity contribution in [1.82, 2.24) is 4.98 Å². The van der Waals surface area contributed by atoms with Gasteiger partial charge < -0.3 is 24.3 Å². The summed E-state index contributed by atoms with van der Waals surface area (Å²) in [5, 5.41) is 9.91. The van der Waals surface area contributed by atoms with Crippen molar-refractivity contribution in [3.63, 3.8) is 0 Å². The molecule has 12 heteroatoms. The second-order valence-electron chi connectivity index (χ2n) is 8.37. The molecule has 2 heterocycles. The van der Waals surface area contributed by atoms with E-state index in [1.807, 2.05) is 0 Å². The number of carbonyl (C=O) groups is 2. The molecule has 0 spiro atoms. The second-order valence-corrected chi connectivity index (χ2v) is 8.37. The van der Waals surface area contributed by atoms with Crippen molar-refractivity contribution < 1.29 is 42.1 Å². The Balaban J connectivity index is 1.58. The summed E-state index contributed by atoms with van der Waals surface area (Å²) >= 11 is 0. The first-order valence-electron chi connectivity index (χ1n) is 11.2. The molecule has 2 atom stereocenters. The molecule has 196 valence electrons. The Kier molecular flexibility index (Phi) is 7.50. The Labute approximate surface area is 208 Å². The molecule has 1 saturated heterocycles. The van der Waals surface area contributed by atoms with Gasteiger partial charge in [-0.1, -0.05) is 24.3 Å². The first-order valence-corrected chi connectivity index (χ1v) is 11.2. The number of methoxy groups -OCH3 is 1. The number of amides is 1. The first-order chi connectivity index (χ1) is 17.6. The van der Waals surface area contributed by atoms with Gasteiger partial charge in [0.25, 0.3) is 5.56 Å². The summed E-state index contributed by atoms with van der Waals surface area (Å²) in [4.78, 5) is 40.6. The monoisotopic (exact) mass is 520 g/mol. The number of aromatic amines is 1. The third kappa shape index (κ3) is 5.75. The van der Waals surface area contributed by atoms with Gasteiger partial charge in [-0.25, -0.2) is 9.59 Å². The first kappa shape index (κ1) is 26.2. The predicted molar refractivity (Wildman–Crippen MR) is 126 cm³/mol. The van der Waals surface area contributed by atoms with Crippen LogP contribution >= 0.6 is 0 Å². The Morgan fingerprint density at radius 1 is 1.19 bits per heavy atom. The number of hydrogen-bond acceptors (Lipinski definition) is 6. The van der Waals surface area contributed by atoms with Gasteiger partial charge in [-0.2, -0.15) is 13.2 Å². The average Bonchev–Trinajstić information content (AvgIpc) is 3.22. The molecule has 9 nitrogen and oxygen atoms in total. The van der Waals surface area contributed by atoms with Crippen LogP contribution < -0.4 is 10.5 Å². The van der Waals surface area contributed by atoms with Crippen molar-refractivity contribution >= 4 is 28.5 Å². The molecule has 2 N–H and O–H groups in total. The van der Waals surface area contributed by atoms with Gasteiger partial charge >= 0.3 is 18.2 Å². The number of aliphatic carboxylic acids is 1. The highest BCUT2D eigenvalue weighted by Gasteiger charge is 2.36. The zero-order chi connectivity index (χ0) is 26.7. The molecule has 2 unspecified atom stereocenters. The number of benzene rings is 2. The Morgan fingerprint density at radius 2 is 1.95 bits per heavy atom. The van der Waals surface area contributed by atoms with E-state index in [1.165, 1.54) is 54.5 Å². The highest BCUT2D eigenvalue weighted by atomic mass is 19.4. The van der Waals surface area contributed by atoms with Gasteiger partial charge in [0.2, 0.25) is 0 Å². The van der Waals surface area contributed by atoms with E-state index in [2.05, 4.69) is 4.98 Å². The van der Waals surface area contributed by atoms with Gasteiger partial charge in [0.15, 0.2) is 6.10 Å². The number of carboxylic acids is 1. The number of hydrogen-bond donors (Lipinski definition) is 2. The minimum absolute atomic E-state index is 0.00649. The van der Waals surface area contributed by atoms with Gasteiger partial charge in [-0.3, -0.25) is 9.69 Å². The molecule has 1 aliphatic heterocycles. The Morgan fingerprint density at radius 3 is 2.65 bits per heavy atom. The molecule has 3 aromatic rings. The Hall–Kier alpha value is -3.90. The number of carbonyl (C=O) groups excluding carboxylic acids is 1. The summed E-state index contributed by atoms with van der Waals surface area (Å²) in [6.07, 6.45) is -7.39. The average molecular weight is 520 g/mol. The van der Waals surface area contributed by atoms with E-state index in [4.69, 9.17) is 14.2 Å². The van der Waals surface area contributed by atoms with Crippen LogP contribution in [0.4, 0.5) is 23.7 Å². The van der Waals surface area contributed by atoms with Crippen LogP contribution in [0.3, 0.4) is 0 Å². The van der Waals surface area contributed by atoms with Crippen molar-refractivity contribution in [3.8, 4) is 11.3 Å². The number of rotatable bonds is 9. The van der Waals surface area contributed by atoms with E-state index < -0.39 is 41.6 Å². The molecular weight excluding hydrogens is 497 g/mol. The second kappa shape index (κ2) is 10.6. The van der Waals surface area contributed by atoms with Crippen LogP contribution in [0.15, 0.2) is 53.3 Å². The van der Waals surface area contributed by atoms with Gasteiger partial charge in [0.1, 0.15) is 6.10 Å². The van der Waals surface area contributed by atoms with Crippen molar-refractivity contribution in [3.05, 3.63) is 64.4 Å². The van der Waals surface area contributed by atoms with Crippen LogP contribution in [0.25, 0.3) is 22.0 Å². The molecular formula is C25H23F3N2O7. The number of nitrogens with one attached hydrogen (secondary N) is 1. The molecule has 2 aromatic carbocycles. The van der Waals surface area contributed by atoms with Crippen LogP contribution in [-0.4, -0.2) is 61.2 Å². The maximum absolute atomic E-state index is 13.5. The third-order valence-corrected chi connectivity index (χ3v) is 5.90. The summed E-state index contributed by atoms with van der Waals surface area (Å²) < 4.78 is 55.8. The molecule has 37 heavy (non-hydrogen) atoms. The molecule has 0 saturated carbocycles. The van der Waals surface area contributed by atoms with Gasteiger partial charge in [-0.15, -0.1) is 0 Å². The number of ether oxygens (including phenoxy) is 3. The quantitative estimate of drug-likeness (QED) is 0.409. The van der Waals surface area contributed by atoms with E-state index in [0.717, 1.165) is 6.07 Å². The number of pyridine rings is 1. The standard InChI is InChI=1S/C25H23F3N2O7/c1-35-8-9-36-21(23(32)33)12-16-13-30(24(34)37-16)15-7-6-14-10-20(29-22(31)18(14)11-15)17-4-2-3-5-19(17)25(26,27)28/h2-7,10-11,16,21H,8-9,12-13H2,1H3,(H,29,31)(H,32,33). The van der Waals surface area contributed by atoms with Gasteiger partial charge in [0, 0.05) is 35.9 Å². The predicted octanol–water partition coefficient (Wildman–Crippen LogP) is 4.05. The SMILES string of the molecule is COCCOC(CC1CN(c2ccc3cc(-c4ccccc4C(F)(F)F)[nH]c(=O)c3c2)C(=O)O1)C(=O)O. The van der Waals surface area contributed by atoms with E-state index in [1.54, 1.807) is 0 Å². The highest BCUT2D eigenvalue weighted by Crippen LogP contribution is 2.37. The minimum Gasteiger partial charge on any atom is -0.479 e. The van der Waals surface area contributed by atoms with Crippen molar-refractivity contribution in [2.45, 2.75) is 24.8 Å². The fourth-order valence-corrected chi connectivity index (χ4v) is 4.13. The fourth-order valence-electron chi connectivity index (χ4n) is 4.13. The summed E-state index contributed by atoms with van der Waals surface area (Å²) in [5.74, 6) is -1.20. The van der Waals surface area contributed by atoms with Crippen LogP contribution in [0.2, 0.25) is 0 Å². The lowest BCUT2D eigenvalue weighted by Crippen LogP contribution is -2.32. The number of nitrogens with zero attached hydrogens (tertiary/aromatic N) is 1. The molecule has 4 rings (SSSR count). The lowest BCUT2D eigenvalue weighted by atomic mass is 10.0. The smallest absolute Gasteiger partial charge is 0.417 e. The van der Waals surface area contributed by atoms with Crippen LogP contribution in [0.1, 0.15) is 12.0 Å². The van der Waals surface area contributed by atoms with Crippen molar-refractivity contribution in [1.29, 1.82) is 0 Å². The topological polar surface area (TPSA) is 118 Å². The van der Waals surface area contributed by atoms with Crippen molar-refractivity contribution in [2.24, 2.45) is 0 Å². The number of fused-ring (bicyclic) bond motifs is 1. The number of halogens is 3. The highest BCUT2D eigenvalue weighted by molar-refractivity contribution is 5.95. The molecule has 0 bridgehead atoms. The lowest BCUT2D eigenvalue weighted by molar-refractivity contribution is -0.153.